The van der Waals surface area contributed by atoms with Gasteiger partial charge in [0.2, 0.25) is 11.8 Å². The van der Waals surface area contributed by atoms with E-state index < -0.39 is 6.04 Å². The van der Waals surface area contributed by atoms with Gasteiger partial charge in [-0.1, -0.05) is 12.1 Å². The Morgan fingerprint density at radius 2 is 2.00 bits per heavy atom. The molecule has 0 saturated carbocycles. The summed E-state index contributed by atoms with van der Waals surface area (Å²) in [5.74, 6) is 0.695. The Morgan fingerprint density at radius 3 is 2.63 bits per heavy atom. The topological polar surface area (TPSA) is 58.6 Å². The molecule has 19 heavy (non-hydrogen) atoms. The predicted octanol–water partition coefficient (Wildman–Crippen LogP) is 0.585. The summed E-state index contributed by atoms with van der Waals surface area (Å²) in [5.41, 5.74) is 1.12. The van der Waals surface area contributed by atoms with E-state index in [2.05, 4.69) is 5.32 Å². The minimum atomic E-state index is -0.419. The SMILES string of the molecule is COc1ccc(CCN2CC(=O)NC(C)C2=O)cc1. The molecule has 102 valence electrons. The average Bonchev–Trinajstić information content (AvgIpc) is 2.41. The first-order valence-electron chi connectivity index (χ1n) is 6.31. The van der Waals surface area contributed by atoms with E-state index in [0.29, 0.717) is 6.54 Å². The smallest absolute Gasteiger partial charge is 0.245 e. The first-order valence-corrected chi connectivity index (χ1v) is 6.31. The molecule has 5 nitrogen and oxygen atoms in total. The van der Waals surface area contributed by atoms with Gasteiger partial charge in [0.25, 0.3) is 0 Å². The van der Waals surface area contributed by atoms with E-state index in [0.717, 1.165) is 17.7 Å². The molecule has 0 aliphatic carbocycles. The lowest BCUT2D eigenvalue weighted by molar-refractivity contribution is -0.143. The van der Waals surface area contributed by atoms with Crippen LogP contribution >= 0.6 is 0 Å². The van der Waals surface area contributed by atoms with Crippen LogP contribution < -0.4 is 10.1 Å². The second-order valence-electron chi connectivity index (χ2n) is 4.65. The second kappa shape index (κ2) is 5.73. The first-order chi connectivity index (χ1) is 9.10. The van der Waals surface area contributed by atoms with E-state index in [-0.39, 0.29) is 18.4 Å². The third-order valence-corrected chi connectivity index (χ3v) is 3.22. The van der Waals surface area contributed by atoms with E-state index in [9.17, 15) is 9.59 Å². The minimum absolute atomic E-state index is 0.0203. The molecule has 0 aromatic heterocycles. The summed E-state index contributed by atoms with van der Waals surface area (Å²) in [6.45, 7) is 2.42. The summed E-state index contributed by atoms with van der Waals surface area (Å²) >= 11 is 0. The van der Waals surface area contributed by atoms with Crippen molar-refractivity contribution in [1.29, 1.82) is 0 Å². The van der Waals surface area contributed by atoms with Gasteiger partial charge in [0.15, 0.2) is 0 Å². The normalized spacial score (nSPS) is 19.3. The highest BCUT2D eigenvalue weighted by molar-refractivity contribution is 5.94. The summed E-state index contributed by atoms with van der Waals surface area (Å²) in [4.78, 5) is 24.9. The lowest BCUT2D eigenvalue weighted by Gasteiger charge is -2.30. The van der Waals surface area contributed by atoms with Crippen molar-refractivity contribution in [1.82, 2.24) is 10.2 Å². The van der Waals surface area contributed by atoms with Gasteiger partial charge in [-0.2, -0.15) is 0 Å². The highest BCUT2D eigenvalue weighted by Gasteiger charge is 2.28. The molecule has 1 aromatic rings. The number of nitrogens with one attached hydrogen (secondary N) is 1. The molecule has 1 atom stereocenters. The van der Waals surface area contributed by atoms with E-state index in [1.165, 1.54) is 0 Å². The number of ether oxygens (including phenoxy) is 1. The molecule has 1 saturated heterocycles. The average molecular weight is 262 g/mol. The zero-order valence-corrected chi connectivity index (χ0v) is 11.2. The van der Waals surface area contributed by atoms with Crippen LogP contribution in [0.4, 0.5) is 0 Å². The molecule has 1 unspecified atom stereocenters. The standard InChI is InChI=1S/C14H18N2O3/c1-10-14(18)16(9-13(17)15-10)8-7-11-3-5-12(19-2)6-4-11/h3-6,10H,7-9H2,1-2H3,(H,15,17). The van der Waals surface area contributed by atoms with Gasteiger partial charge in [0, 0.05) is 6.54 Å². The summed E-state index contributed by atoms with van der Waals surface area (Å²) in [6.07, 6.45) is 0.732. The summed E-state index contributed by atoms with van der Waals surface area (Å²) in [7, 11) is 1.63. The lowest BCUT2D eigenvalue weighted by Crippen LogP contribution is -2.57. The van der Waals surface area contributed by atoms with Gasteiger partial charge in [-0.15, -0.1) is 0 Å². The van der Waals surface area contributed by atoms with Crippen LogP contribution in [-0.4, -0.2) is 43.0 Å². The van der Waals surface area contributed by atoms with Crippen LogP contribution in [0.15, 0.2) is 24.3 Å². The lowest BCUT2D eigenvalue weighted by atomic mass is 10.1. The predicted molar refractivity (Wildman–Crippen MR) is 70.9 cm³/mol. The van der Waals surface area contributed by atoms with Crippen molar-refractivity contribution in [2.45, 2.75) is 19.4 Å². The highest BCUT2D eigenvalue weighted by Crippen LogP contribution is 2.12. The van der Waals surface area contributed by atoms with Gasteiger partial charge in [-0.05, 0) is 31.0 Å². The number of piperazine rings is 1. The van der Waals surface area contributed by atoms with Crippen LogP contribution in [0, 0.1) is 0 Å². The van der Waals surface area contributed by atoms with Gasteiger partial charge in [-0.25, -0.2) is 0 Å². The molecule has 0 bridgehead atoms. The number of hydrogen-bond donors (Lipinski definition) is 1. The number of methoxy groups -OCH3 is 1. The molecule has 1 fully saturated rings. The minimum Gasteiger partial charge on any atom is -0.497 e. The van der Waals surface area contributed by atoms with Crippen molar-refractivity contribution in [3.8, 4) is 5.75 Å². The Bertz CT molecular complexity index is 470. The maximum absolute atomic E-state index is 11.9. The third kappa shape index (κ3) is 3.24. The van der Waals surface area contributed by atoms with Gasteiger partial charge in [0.05, 0.1) is 13.7 Å². The number of carbonyl (C=O) groups excluding carboxylic acids is 2. The van der Waals surface area contributed by atoms with Crippen molar-refractivity contribution < 1.29 is 14.3 Å². The second-order valence-corrected chi connectivity index (χ2v) is 4.65. The van der Waals surface area contributed by atoms with Crippen LogP contribution in [0.3, 0.4) is 0 Å². The van der Waals surface area contributed by atoms with E-state index >= 15 is 0 Å². The zero-order valence-electron chi connectivity index (χ0n) is 11.2. The molecular formula is C14H18N2O3. The van der Waals surface area contributed by atoms with Crippen LogP contribution in [0.2, 0.25) is 0 Å². The summed E-state index contributed by atoms with van der Waals surface area (Å²) in [6, 6.07) is 7.30. The van der Waals surface area contributed by atoms with E-state index in [4.69, 9.17) is 4.74 Å². The zero-order chi connectivity index (χ0) is 13.8. The molecular weight excluding hydrogens is 244 g/mol. The van der Waals surface area contributed by atoms with Crippen molar-refractivity contribution in [3.63, 3.8) is 0 Å². The maximum Gasteiger partial charge on any atom is 0.245 e. The first kappa shape index (κ1) is 13.4. The monoisotopic (exact) mass is 262 g/mol. The molecule has 1 aliphatic rings. The van der Waals surface area contributed by atoms with E-state index in [1.807, 2.05) is 24.3 Å². The number of hydrogen-bond acceptors (Lipinski definition) is 3. The Hall–Kier alpha value is -2.04. The van der Waals surface area contributed by atoms with Crippen molar-refractivity contribution in [2.24, 2.45) is 0 Å². The molecule has 2 amide bonds. The molecule has 1 heterocycles. The van der Waals surface area contributed by atoms with Gasteiger partial charge < -0.3 is 15.0 Å². The maximum atomic E-state index is 11.9. The molecule has 1 aromatic carbocycles. The Morgan fingerprint density at radius 1 is 1.32 bits per heavy atom. The Labute approximate surface area is 112 Å². The largest absolute Gasteiger partial charge is 0.497 e. The van der Waals surface area contributed by atoms with Crippen molar-refractivity contribution in [3.05, 3.63) is 29.8 Å². The van der Waals surface area contributed by atoms with Gasteiger partial charge in [-0.3, -0.25) is 9.59 Å². The molecule has 0 radical (unpaired) electrons. The number of benzene rings is 1. The fraction of sp³-hybridized carbons (Fsp3) is 0.429. The number of carbonyl (C=O) groups is 2. The summed E-state index contributed by atoms with van der Waals surface area (Å²) < 4.78 is 5.09. The molecule has 2 rings (SSSR count). The molecule has 1 N–H and O–H groups in total. The number of rotatable bonds is 4. The molecule has 0 spiro atoms. The number of amides is 2. The van der Waals surface area contributed by atoms with Crippen LogP contribution in [0.25, 0.3) is 0 Å². The third-order valence-electron chi connectivity index (χ3n) is 3.22. The highest BCUT2D eigenvalue weighted by atomic mass is 16.5. The van der Waals surface area contributed by atoms with Crippen LogP contribution in [0.5, 0.6) is 5.75 Å². The van der Waals surface area contributed by atoms with Crippen LogP contribution in [0.1, 0.15) is 12.5 Å². The van der Waals surface area contributed by atoms with Gasteiger partial charge in [0.1, 0.15) is 11.8 Å². The van der Waals surface area contributed by atoms with E-state index in [1.54, 1.807) is 18.9 Å². The summed E-state index contributed by atoms with van der Waals surface area (Å²) in [5, 5.41) is 2.63. The Balaban J connectivity index is 1.93. The van der Waals surface area contributed by atoms with Crippen molar-refractivity contribution in [2.75, 3.05) is 20.2 Å². The van der Waals surface area contributed by atoms with Gasteiger partial charge >= 0.3 is 0 Å². The van der Waals surface area contributed by atoms with Crippen molar-refractivity contribution >= 4 is 11.8 Å². The molecule has 1 aliphatic heterocycles. The molecule has 5 heteroatoms. The quantitative estimate of drug-likeness (QED) is 0.863. The van der Waals surface area contributed by atoms with Crippen LogP contribution in [-0.2, 0) is 16.0 Å². The number of nitrogens with zero attached hydrogens (tertiary/aromatic N) is 1. The Kier molecular flexibility index (Phi) is 4.04. The fourth-order valence-electron chi connectivity index (χ4n) is 2.12. The fourth-order valence-corrected chi connectivity index (χ4v) is 2.12.